The molecule has 0 saturated heterocycles. The Morgan fingerprint density at radius 2 is 1.12 bits per heavy atom. The van der Waals surface area contributed by atoms with E-state index in [4.69, 9.17) is 0 Å². The van der Waals surface area contributed by atoms with Crippen LogP contribution in [0.25, 0.3) is 0 Å². The summed E-state index contributed by atoms with van der Waals surface area (Å²) in [7, 11) is 0. The van der Waals surface area contributed by atoms with E-state index in [9.17, 15) is 20.4 Å². The van der Waals surface area contributed by atoms with Gasteiger partial charge in [-0.25, -0.2) is 0 Å². The van der Waals surface area contributed by atoms with Crippen molar-refractivity contribution in [2.75, 3.05) is 0 Å². The van der Waals surface area contributed by atoms with E-state index in [1.54, 1.807) is 36.7 Å². The summed E-state index contributed by atoms with van der Waals surface area (Å²) in [6.45, 7) is 0. The largest absolute Gasteiger partial charge is 0.504 e. The Morgan fingerprint density at radius 3 is 1.54 bits per heavy atom. The van der Waals surface area contributed by atoms with E-state index in [-0.39, 0.29) is 35.1 Å². The number of benzene rings is 2. The number of phenols is 4. The van der Waals surface area contributed by atoms with Crippen LogP contribution < -0.4 is 0 Å². The first-order valence-electron chi connectivity index (χ1n) is 8.64. The molecule has 0 amide bonds. The van der Waals surface area contributed by atoms with Gasteiger partial charge < -0.3 is 20.4 Å². The highest BCUT2D eigenvalue weighted by atomic mass is 16.3. The number of hydrogen-bond acceptors (Lipinski definition) is 6. The normalized spacial score (nSPS) is 20.8. The van der Waals surface area contributed by atoms with Crippen LogP contribution in [0.2, 0.25) is 0 Å². The van der Waals surface area contributed by atoms with E-state index in [1.165, 1.54) is 12.1 Å². The molecule has 136 valence electrons. The average molecular weight is 354 g/mol. The lowest BCUT2D eigenvalue weighted by Crippen LogP contribution is -2.27. The maximum Gasteiger partial charge on any atom is 0.166 e. The second kappa shape index (κ2) is 7.91. The van der Waals surface area contributed by atoms with E-state index in [1.807, 2.05) is 0 Å². The lowest BCUT2D eigenvalue weighted by atomic mass is 9.91. The highest BCUT2D eigenvalue weighted by Gasteiger charge is 2.23. The average Bonchev–Trinajstić information content (AvgIpc) is 2.65. The number of nitrogens with zero attached hydrogens (tertiary/aromatic N) is 2. The molecule has 6 heteroatoms. The fraction of sp³-hybridized carbons (Fsp3) is 0.300. The number of hydrogen-bond donors (Lipinski definition) is 4. The van der Waals surface area contributed by atoms with Crippen LogP contribution in [-0.2, 0) is 0 Å². The maximum atomic E-state index is 9.88. The molecule has 2 atom stereocenters. The molecule has 0 aliphatic heterocycles. The lowest BCUT2D eigenvalue weighted by Gasteiger charge is -2.25. The molecule has 1 fully saturated rings. The van der Waals surface area contributed by atoms with Gasteiger partial charge in [-0.3, -0.25) is 9.98 Å². The molecule has 3 rings (SSSR count). The van der Waals surface area contributed by atoms with E-state index in [0.717, 1.165) is 25.7 Å². The van der Waals surface area contributed by atoms with Gasteiger partial charge in [-0.1, -0.05) is 25.0 Å². The van der Waals surface area contributed by atoms with Crippen molar-refractivity contribution in [2.24, 2.45) is 9.98 Å². The Balaban J connectivity index is 1.77. The van der Waals surface area contributed by atoms with Crippen molar-refractivity contribution in [3.05, 3.63) is 47.5 Å². The van der Waals surface area contributed by atoms with Gasteiger partial charge >= 0.3 is 0 Å². The first-order chi connectivity index (χ1) is 12.6. The molecular weight excluding hydrogens is 332 g/mol. The summed E-state index contributed by atoms with van der Waals surface area (Å²) >= 11 is 0. The Kier molecular flexibility index (Phi) is 5.41. The topological polar surface area (TPSA) is 106 Å². The second-order valence-corrected chi connectivity index (χ2v) is 6.41. The van der Waals surface area contributed by atoms with Crippen LogP contribution in [0.5, 0.6) is 23.0 Å². The highest BCUT2D eigenvalue weighted by Crippen LogP contribution is 2.29. The summed E-state index contributed by atoms with van der Waals surface area (Å²) in [6.07, 6.45) is 7.00. The third-order valence-electron chi connectivity index (χ3n) is 4.60. The van der Waals surface area contributed by atoms with Crippen LogP contribution in [-0.4, -0.2) is 44.9 Å². The number of rotatable bonds is 4. The predicted molar refractivity (Wildman–Crippen MR) is 101 cm³/mol. The molecule has 0 unspecified atom stereocenters. The van der Waals surface area contributed by atoms with Crippen LogP contribution in [0.4, 0.5) is 0 Å². The summed E-state index contributed by atoms with van der Waals surface area (Å²) in [5.74, 6) is -0.716. The number of aliphatic imine (C=N–C) groups is 2. The molecular formula is C20H22N2O4. The number of aromatic hydroxyl groups is 4. The Morgan fingerprint density at radius 1 is 0.692 bits per heavy atom. The van der Waals surface area contributed by atoms with Crippen molar-refractivity contribution < 1.29 is 20.4 Å². The molecule has 1 aliphatic carbocycles. The van der Waals surface area contributed by atoms with Crippen molar-refractivity contribution in [3.63, 3.8) is 0 Å². The van der Waals surface area contributed by atoms with E-state index < -0.39 is 0 Å². The van der Waals surface area contributed by atoms with Crippen molar-refractivity contribution in [2.45, 2.75) is 37.8 Å². The van der Waals surface area contributed by atoms with Gasteiger partial charge in [-0.2, -0.15) is 0 Å². The molecule has 26 heavy (non-hydrogen) atoms. The van der Waals surface area contributed by atoms with Gasteiger partial charge in [0.25, 0.3) is 0 Å². The van der Waals surface area contributed by atoms with Crippen molar-refractivity contribution in [1.29, 1.82) is 0 Å². The van der Waals surface area contributed by atoms with Gasteiger partial charge in [0, 0.05) is 23.6 Å². The van der Waals surface area contributed by atoms with Crippen LogP contribution in [0.3, 0.4) is 0 Å². The summed E-state index contributed by atoms with van der Waals surface area (Å²) in [5, 5.41) is 38.9. The van der Waals surface area contributed by atoms with Crippen LogP contribution in [0.1, 0.15) is 36.8 Å². The first-order valence-corrected chi connectivity index (χ1v) is 8.64. The van der Waals surface area contributed by atoms with Gasteiger partial charge in [0.2, 0.25) is 0 Å². The lowest BCUT2D eigenvalue weighted by molar-refractivity contribution is 0.389. The van der Waals surface area contributed by atoms with Gasteiger partial charge in [-0.05, 0) is 37.1 Å². The van der Waals surface area contributed by atoms with E-state index in [2.05, 4.69) is 9.98 Å². The highest BCUT2D eigenvalue weighted by molar-refractivity contribution is 5.85. The molecule has 6 nitrogen and oxygen atoms in total. The Hall–Kier alpha value is -3.02. The van der Waals surface area contributed by atoms with Gasteiger partial charge in [0.05, 0.1) is 12.1 Å². The van der Waals surface area contributed by atoms with E-state index in [0.29, 0.717) is 11.1 Å². The molecule has 0 aromatic heterocycles. The zero-order valence-electron chi connectivity index (χ0n) is 14.3. The molecule has 1 saturated carbocycles. The minimum atomic E-state index is -0.184. The smallest absolute Gasteiger partial charge is 0.166 e. The standard InChI is InChI=1S/C20H22N2O4/c23-17-9-3-5-13(19(17)25)11-21-15-7-1-2-8-16(15)22-12-14-6-4-10-18(24)20(14)26/h3-6,9-12,15-16,23-26H,1-2,7-8H2/t15-,16-/m1/s1. The van der Waals surface area contributed by atoms with Crippen LogP contribution >= 0.6 is 0 Å². The van der Waals surface area contributed by atoms with Gasteiger partial charge in [0.15, 0.2) is 23.0 Å². The predicted octanol–water partition coefficient (Wildman–Crippen LogP) is 3.36. The molecule has 4 N–H and O–H groups in total. The van der Waals surface area contributed by atoms with E-state index >= 15 is 0 Å². The summed E-state index contributed by atoms with van der Waals surface area (Å²) < 4.78 is 0. The summed E-state index contributed by atoms with van der Waals surface area (Å²) in [6, 6.07) is 9.43. The second-order valence-electron chi connectivity index (χ2n) is 6.41. The minimum absolute atomic E-state index is 0.0406. The zero-order valence-corrected chi connectivity index (χ0v) is 14.3. The molecule has 0 bridgehead atoms. The fourth-order valence-corrected chi connectivity index (χ4v) is 3.10. The number of phenolic OH excluding ortho intramolecular Hbond substituents is 4. The first kappa shape index (κ1) is 17.8. The molecule has 0 spiro atoms. The summed E-state index contributed by atoms with van der Waals surface area (Å²) in [4.78, 5) is 9.13. The van der Waals surface area contributed by atoms with Crippen LogP contribution in [0.15, 0.2) is 46.4 Å². The summed E-state index contributed by atoms with van der Waals surface area (Å²) in [5.41, 5.74) is 0.924. The monoisotopic (exact) mass is 354 g/mol. The van der Waals surface area contributed by atoms with Crippen molar-refractivity contribution in [1.82, 2.24) is 0 Å². The SMILES string of the molecule is Oc1cccc(C=N[C@@H]2CCCC[C@H]2N=Cc2cccc(O)c2O)c1O. The number of para-hydroxylation sites is 2. The molecule has 1 aliphatic rings. The third-order valence-corrected chi connectivity index (χ3v) is 4.60. The van der Waals surface area contributed by atoms with Crippen molar-refractivity contribution >= 4 is 12.4 Å². The third kappa shape index (κ3) is 3.96. The Bertz CT molecular complexity index is 763. The van der Waals surface area contributed by atoms with Crippen LogP contribution in [0, 0.1) is 0 Å². The Labute approximate surface area is 151 Å². The quantitative estimate of drug-likeness (QED) is 0.499. The molecule has 0 heterocycles. The molecule has 0 radical (unpaired) electrons. The zero-order chi connectivity index (χ0) is 18.5. The minimum Gasteiger partial charge on any atom is -0.504 e. The fourth-order valence-electron chi connectivity index (χ4n) is 3.10. The van der Waals surface area contributed by atoms with Crippen molar-refractivity contribution in [3.8, 4) is 23.0 Å². The van der Waals surface area contributed by atoms with Gasteiger partial charge in [0.1, 0.15) is 0 Å². The molecule has 2 aromatic rings. The van der Waals surface area contributed by atoms with Gasteiger partial charge in [-0.15, -0.1) is 0 Å². The maximum absolute atomic E-state index is 9.88. The molecule has 2 aromatic carbocycles.